The number of thiazole rings is 1. The van der Waals surface area contributed by atoms with Crippen molar-refractivity contribution in [3.05, 3.63) is 105 Å². The van der Waals surface area contributed by atoms with Crippen molar-refractivity contribution in [1.82, 2.24) is 9.38 Å². The highest BCUT2D eigenvalue weighted by atomic mass is 32.1. The third kappa shape index (κ3) is 3.25. The van der Waals surface area contributed by atoms with E-state index in [1.807, 2.05) is 24.3 Å². The van der Waals surface area contributed by atoms with Gasteiger partial charge in [-0.2, -0.15) is 0 Å². The Labute approximate surface area is 173 Å². The van der Waals surface area contributed by atoms with Gasteiger partial charge in [0.25, 0.3) is 5.56 Å². The number of carbonyl (C=O) groups is 1. The van der Waals surface area contributed by atoms with Gasteiger partial charge in [0.1, 0.15) is 11.6 Å². The minimum absolute atomic E-state index is 0.115. The molecule has 0 radical (unpaired) electrons. The second kappa shape index (κ2) is 7.20. The van der Waals surface area contributed by atoms with Gasteiger partial charge in [-0.3, -0.25) is 4.79 Å². The largest absolute Gasteiger partial charge is 0.423 e. The molecule has 2 heterocycles. The lowest BCUT2D eigenvalue weighted by Crippen LogP contribution is -2.22. The number of nitrogens with zero attached hydrogens (tertiary/aromatic N) is 2. The van der Waals surface area contributed by atoms with E-state index in [0.717, 1.165) is 16.6 Å². The van der Waals surface area contributed by atoms with Crippen LogP contribution in [0.4, 0.5) is 4.39 Å². The highest BCUT2D eigenvalue weighted by molar-refractivity contribution is 7.15. The smallest absolute Gasteiger partial charge is 0.343 e. The van der Waals surface area contributed by atoms with Crippen LogP contribution in [-0.4, -0.2) is 15.4 Å². The molecule has 5 nitrogen and oxygen atoms in total. The Kier molecular flexibility index (Phi) is 4.37. The second-order valence-electron chi connectivity index (χ2n) is 6.60. The van der Waals surface area contributed by atoms with Gasteiger partial charge in [0, 0.05) is 0 Å². The number of aromatic nitrogens is 2. The van der Waals surface area contributed by atoms with Crippen LogP contribution in [0.25, 0.3) is 22.1 Å². The molecule has 0 spiro atoms. The molecular weight excluding hydrogens is 403 g/mol. The number of halogens is 1. The summed E-state index contributed by atoms with van der Waals surface area (Å²) in [6, 6.07) is 19.5. The molecule has 0 saturated heterocycles. The molecule has 2 aromatic heterocycles. The van der Waals surface area contributed by atoms with Gasteiger partial charge in [-0.1, -0.05) is 35.6 Å². The van der Waals surface area contributed by atoms with E-state index in [1.165, 1.54) is 35.6 Å². The minimum atomic E-state index is -0.570. The molecule has 5 rings (SSSR count). The molecule has 0 aliphatic rings. The molecule has 0 atom stereocenters. The number of imidazole rings is 1. The van der Waals surface area contributed by atoms with Crippen molar-refractivity contribution >= 4 is 39.4 Å². The molecule has 30 heavy (non-hydrogen) atoms. The van der Waals surface area contributed by atoms with Crippen LogP contribution in [0.2, 0.25) is 0 Å². The lowest BCUT2D eigenvalue weighted by atomic mass is 10.2. The third-order valence-corrected chi connectivity index (χ3v) is 5.58. The lowest BCUT2D eigenvalue weighted by Gasteiger charge is -2.04. The SMILES string of the molecule is O=C(Oc1ccc(/C=c2\sc3nc4ccccc4n3c2=O)cc1)c1ccc(F)cc1. The molecule has 0 amide bonds. The number of ether oxygens (including phenoxy) is 1. The highest BCUT2D eigenvalue weighted by Gasteiger charge is 2.11. The van der Waals surface area contributed by atoms with Crippen LogP contribution < -0.4 is 14.8 Å². The average Bonchev–Trinajstić information content (AvgIpc) is 3.26. The standard InChI is InChI=1S/C23H13FN2O3S/c24-16-9-7-15(8-10-16)22(28)29-17-11-5-14(6-12-17)13-20-21(27)26-19-4-2-1-3-18(19)25-23(26)30-20/h1-13H/b20-13-. The van der Waals surface area contributed by atoms with E-state index in [2.05, 4.69) is 4.98 Å². The topological polar surface area (TPSA) is 60.7 Å². The van der Waals surface area contributed by atoms with Gasteiger partial charge in [-0.25, -0.2) is 18.6 Å². The van der Waals surface area contributed by atoms with Crippen molar-refractivity contribution < 1.29 is 13.9 Å². The van der Waals surface area contributed by atoms with E-state index in [9.17, 15) is 14.0 Å². The number of para-hydroxylation sites is 2. The zero-order valence-electron chi connectivity index (χ0n) is 15.4. The highest BCUT2D eigenvalue weighted by Crippen LogP contribution is 2.17. The Hall–Kier alpha value is -3.84. The van der Waals surface area contributed by atoms with Crippen LogP contribution in [0.15, 0.2) is 77.6 Å². The first kappa shape index (κ1) is 18.2. The van der Waals surface area contributed by atoms with E-state index in [-0.39, 0.29) is 11.1 Å². The summed E-state index contributed by atoms with van der Waals surface area (Å²) in [7, 11) is 0. The summed E-state index contributed by atoms with van der Waals surface area (Å²) in [6.45, 7) is 0. The molecule has 0 saturated carbocycles. The lowest BCUT2D eigenvalue weighted by molar-refractivity contribution is 0.0734. The summed E-state index contributed by atoms with van der Waals surface area (Å²) < 4.78 is 20.5. The van der Waals surface area contributed by atoms with Gasteiger partial charge in [0.2, 0.25) is 0 Å². The van der Waals surface area contributed by atoms with Crippen LogP contribution in [-0.2, 0) is 0 Å². The molecule has 0 bridgehead atoms. The molecule has 0 unspecified atom stereocenters. The van der Waals surface area contributed by atoms with Gasteiger partial charge in [0.15, 0.2) is 4.96 Å². The molecular formula is C23H13FN2O3S. The van der Waals surface area contributed by atoms with E-state index < -0.39 is 11.8 Å². The van der Waals surface area contributed by atoms with Gasteiger partial charge >= 0.3 is 5.97 Å². The van der Waals surface area contributed by atoms with Crippen LogP contribution >= 0.6 is 11.3 Å². The molecule has 7 heteroatoms. The number of fused-ring (bicyclic) bond motifs is 3. The Balaban J connectivity index is 1.42. The van der Waals surface area contributed by atoms with E-state index in [4.69, 9.17) is 4.74 Å². The number of hydrogen-bond acceptors (Lipinski definition) is 5. The van der Waals surface area contributed by atoms with Gasteiger partial charge < -0.3 is 4.74 Å². The second-order valence-corrected chi connectivity index (χ2v) is 7.61. The Bertz CT molecular complexity index is 1500. The van der Waals surface area contributed by atoms with Crippen LogP contribution in [0.1, 0.15) is 15.9 Å². The number of hydrogen-bond donors (Lipinski definition) is 0. The fraction of sp³-hybridized carbons (Fsp3) is 0. The average molecular weight is 416 g/mol. The van der Waals surface area contributed by atoms with E-state index in [0.29, 0.717) is 15.2 Å². The normalized spacial score (nSPS) is 12.0. The molecule has 0 N–H and O–H groups in total. The fourth-order valence-corrected chi connectivity index (χ4v) is 4.13. The zero-order valence-corrected chi connectivity index (χ0v) is 16.2. The monoisotopic (exact) mass is 416 g/mol. The number of rotatable bonds is 3. The maximum Gasteiger partial charge on any atom is 0.343 e. The number of benzene rings is 3. The van der Waals surface area contributed by atoms with Crippen LogP contribution in [0, 0.1) is 5.82 Å². The maximum absolute atomic E-state index is 13.0. The summed E-state index contributed by atoms with van der Waals surface area (Å²) in [5, 5.41) is 0. The summed E-state index contributed by atoms with van der Waals surface area (Å²) in [6.07, 6.45) is 1.78. The molecule has 3 aromatic carbocycles. The number of esters is 1. The van der Waals surface area contributed by atoms with Gasteiger partial charge in [-0.05, 0) is 60.2 Å². The van der Waals surface area contributed by atoms with Crippen LogP contribution in [0.3, 0.4) is 0 Å². The first-order valence-corrected chi connectivity index (χ1v) is 9.90. The van der Waals surface area contributed by atoms with E-state index in [1.54, 1.807) is 34.7 Å². The summed E-state index contributed by atoms with van der Waals surface area (Å²) in [5.74, 6) is -0.631. The third-order valence-electron chi connectivity index (χ3n) is 4.61. The molecule has 146 valence electrons. The maximum atomic E-state index is 13.0. The summed E-state index contributed by atoms with van der Waals surface area (Å²) >= 11 is 1.33. The molecule has 0 aliphatic carbocycles. The predicted octanol–water partition coefficient (Wildman–Crippen LogP) is 3.82. The van der Waals surface area contributed by atoms with Crippen molar-refractivity contribution in [3.8, 4) is 5.75 Å². The molecule has 0 aliphatic heterocycles. The number of carbonyl (C=O) groups excluding carboxylic acids is 1. The first-order valence-electron chi connectivity index (χ1n) is 9.08. The van der Waals surface area contributed by atoms with Gasteiger partial charge in [0.05, 0.1) is 21.1 Å². The van der Waals surface area contributed by atoms with Gasteiger partial charge in [-0.15, -0.1) is 0 Å². The van der Waals surface area contributed by atoms with Crippen molar-refractivity contribution in [2.24, 2.45) is 0 Å². The fourth-order valence-electron chi connectivity index (χ4n) is 3.15. The van der Waals surface area contributed by atoms with Crippen molar-refractivity contribution in [2.75, 3.05) is 0 Å². The quantitative estimate of drug-likeness (QED) is 0.331. The Morgan fingerprint density at radius 3 is 2.50 bits per heavy atom. The van der Waals surface area contributed by atoms with Crippen molar-refractivity contribution in [3.63, 3.8) is 0 Å². The predicted molar refractivity (Wildman–Crippen MR) is 113 cm³/mol. The summed E-state index contributed by atoms with van der Waals surface area (Å²) in [5.41, 5.74) is 2.52. The molecule has 5 aromatic rings. The Morgan fingerprint density at radius 1 is 1.00 bits per heavy atom. The Morgan fingerprint density at radius 2 is 1.73 bits per heavy atom. The summed E-state index contributed by atoms with van der Waals surface area (Å²) in [4.78, 5) is 30.1. The van der Waals surface area contributed by atoms with Crippen LogP contribution in [0.5, 0.6) is 5.75 Å². The van der Waals surface area contributed by atoms with Crippen molar-refractivity contribution in [2.45, 2.75) is 0 Å². The zero-order chi connectivity index (χ0) is 20.7. The van der Waals surface area contributed by atoms with Crippen molar-refractivity contribution in [1.29, 1.82) is 0 Å². The first-order chi connectivity index (χ1) is 14.6. The molecule has 0 fully saturated rings. The minimum Gasteiger partial charge on any atom is -0.423 e. The van der Waals surface area contributed by atoms with E-state index >= 15 is 0 Å².